The van der Waals surface area contributed by atoms with Crippen molar-refractivity contribution in [1.82, 2.24) is 0 Å². The zero-order chi connectivity index (χ0) is 20.1. The lowest BCUT2D eigenvalue weighted by atomic mass is 10.1. The molecule has 24 heavy (non-hydrogen) atoms. The van der Waals surface area contributed by atoms with Gasteiger partial charge in [0.2, 0.25) is 0 Å². The van der Waals surface area contributed by atoms with E-state index in [4.69, 9.17) is 57.3 Å². The highest BCUT2D eigenvalue weighted by atomic mass is 32.3. The summed E-state index contributed by atoms with van der Waals surface area (Å²) >= 11 is 0. The van der Waals surface area contributed by atoms with Crippen molar-refractivity contribution < 1.29 is 35.0 Å². The molecule has 0 amide bonds. The number of nitrogens with one attached hydrogen (secondary N) is 2. The van der Waals surface area contributed by atoms with E-state index in [1.165, 1.54) is 0 Å². The lowest BCUT2D eigenvalue weighted by Gasteiger charge is -2.05. The molecule has 0 aromatic carbocycles. The smallest absolute Gasteiger partial charge is 0.387 e. The molecule has 0 aromatic rings. The van der Waals surface area contributed by atoms with Crippen molar-refractivity contribution in [1.29, 1.82) is 10.8 Å². The van der Waals surface area contributed by atoms with Gasteiger partial charge in [-0.2, -0.15) is 27.1 Å². The third kappa shape index (κ3) is 42.7. The minimum absolute atomic E-state index is 0.0774. The normalized spacial score (nSPS) is 13.8. The Morgan fingerprint density at radius 2 is 1.00 bits per heavy atom. The molecule has 0 saturated carbocycles. The van der Waals surface area contributed by atoms with E-state index in [0.717, 1.165) is 0 Å². The number of nitrogens with zero attached hydrogens (tertiary/aromatic N) is 2. The highest BCUT2D eigenvalue weighted by Gasteiger charge is 2.05. The van der Waals surface area contributed by atoms with Crippen LogP contribution in [-0.2, 0) is 20.8 Å². The van der Waals surface area contributed by atoms with E-state index in [1.807, 2.05) is 13.8 Å². The third-order valence-electron chi connectivity index (χ3n) is 1.87. The highest BCUT2D eigenvalue weighted by molar-refractivity contribution is 7.80. The Bertz CT molecular complexity index is 546. The van der Waals surface area contributed by atoms with Gasteiger partial charge < -0.3 is 11.5 Å². The largest absolute Gasteiger partial charge is 0.394 e. The van der Waals surface area contributed by atoms with Gasteiger partial charge in [0.25, 0.3) is 0 Å². The van der Waals surface area contributed by atoms with Crippen molar-refractivity contribution in [2.24, 2.45) is 33.5 Å². The second kappa shape index (κ2) is 12.7. The van der Waals surface area contributed by atoms with E-state index in [1.54, 1.807) is 0 Å². The monoisotopic (exact) mass is 394 g/mol. The molecule has 0 bridgehead atoms. The van der Waals surface area contributed by atoms with Gasteiger partial charge in [-0.05, 0) is 0 Å². The van der Waals surface area contributed by atoms with E-state index < -0.39 is 20.8 Å². The van der Waals surface area contributed by atoms with Gasteiger partial charge in [-0.15, -0.1) is 0 Å². The first-order chi connectivity index (χ1) is 10.4. The molecule has 0 saturated heterocycles. The minimum Gasteiger partial charge on any atom is -0.387 e. The van der Waals surface area contributed by atoms with Crippen LogP contribution >= 0.6 is 0 Å². The average Bonchev–Trinajstić information content (AvgIpc) is 2.29. The lowest BCUT2D eigenvalue weighted by Crippen LogP contribution is -2.23. The van der Waals surface area contributed by atoms with Crippen LogP contribution in [0.5, 0.6) is 0 Å². The number of hydrogen-bond donors (Lipinski definition) is 8. The van der Waals surface area contributed by atoms with Crippen LogP contribution in [0.1, 0.15) is 13.8 Å². The molecule has 0 aromatic heterocycles. The van der Waals surface area contributed by atoms with E-state index in [2.05, 4.69) is 10.2 Å². The van der Waals surface area contributed by atoms with Crippen molar-refractivity contribution in [3.63, 3.8) is 0 Å². The van der Waals surface area contributed by atoms with Crippen molar-refractivity contribution in [3.8, 4) is 0 Å². The van der Waals surface area contributed by atoms with Crippen LogP contribution < -0.4 is 11.5 Å². The van der Waals surface area contributed by atoms with Crippen LogP contribution in [0, 0.1) is 22.7 Å². The topological polar surface area (TPSA) is 274 Å². The number of amidine groups is 2. The van der Waals surface area contributed by atoms with Gasteiger partial charge in [-0.1, -0.05) is 13.8 Å². The molecule has 10 N–H and O–H groups in total. The Balaban J connectivity index is -0.000000361. The molecular formula is C8H22N6O8S2. The molecule has 0 aliphatic carbocycles. The van der Waals surface area contributed by atoms with Gasteiger partial charge in [0, 0.05) is 11.8 Å². The maximum absolute atomic E-state index is 8.74. The van der Waals surface area contributed by atoms with Gasteiger partial charge >= 0.3 is 20.8 Å². The Labute approximate surface area is 139 Å². The first kappa shape index (κ1) is 27.1. The van der Waals surface area contributed by atoms with Crippen molar-refractivity contribution in [2.45, 2.75) is 13.8 Å². The molecule has 0 aliphatic heterocycles. The maximum atomic E-state index is 8.74. The Morgan fingerprint density at radius 1 is 0.833 bits per heavy atom. The van der Waals surface area contributed by atoms with Crippen LogP contribution in [0.4, 0.5) is 0 Å². The SMILES string of the molecule is CC(CN=NCC(C)C(=N)N)C(=N)N.O=S(=O)(O)O.O=S(=O)(O)O. The second-order valence-electron chi connectivity index (χ2n) is 4.26. The van der Waals surface area contributed by atoms with E-state index >= 15 is 0 Å². The fraction of sp³-hybridized carbons (Fsp3) is 0.750. The fourth-order valence-corrected chi connectivity index (χ4v) is 0.557. The van der Waals surface area contributed by atoms with Crippen molar-refractivity contribution >= 4 is 32.5 Å². The summed E-state index contributed by atoms with van der Waals surface area (Å²) in [6, 6.07) is 0. The predicted octanol–water partition coefficient (Wildman–Crippen LogP) is -0.723. The average molecular weight is 394 g/mol. The van der Waals surface area contributed by atoms with Gasteiger partial charge in [-0.25, -0.2) is 0 Å². The summed E-state index contributed by atoms with van der Waals surface area (Å²) in [4.78, 5) is 0. The molecule has 0 heterocycles. The third-order valence-corrected chi connectivity index (χ3v) is 1.87. The number of rotatable bonds is 6. The molecule has 2 unspecified atom stereocenters. The quantitative estimate of drug-likeness (QED) is 0.121. The van der Waals surface area contributed by atoms with Crippen molar-refractivity contribution in [2.75, 3.05) is 13.1 Å². The molecule has 2 atom stereocenters. The summed E-state index contributed by atoms with van der Waals surface area (Å²) in [7, 11) is -9.33. The standard InChI is InChI=1S/C8H18N6.2H2O4S/c1-5(7(9)10)3-13-14-4-6(2)8(11)12;2*1-5(2,3)4/h5-6H,3-4H2,1-2H3,(H3,9,10)(H3,11,12);2*(H2,1,2,3,4). The summed E-state index contributed by atoms with van der Waals surface area (Å²) in [5, 5.41) is 22.0. The number of nitrogens with two attached hydrogens (primary N) is 2. The zero-order valence-corrected chi connectivity index (χ0v) is 14.5. The van der Waals surface area contributed by atoms with Gasteiger partial charge in [0.1, 0.15) is 0 Å². The second-order valence-corrected chi connectivity index (χ2v) is 6.05. The zero-order valence-electron chi connectivity index (χ0n) is 12.9. The van der Waals surface area contributed by atoms with Gasteiger partial charge in [-0.3, -0.25) is 29.0 Å². The first-order valence-corrected chi connectivity index (χ1v) is 8.65. The van der Waals surface area contributed by atoms with Crippen LogP contribution in [0.15, 0.2) is 10.2 Å². The summed E-state index contributed by atoms with van der Waals surface area (Å²) in [6.07, 6.45) is 0. The molecule has 14 nitrogen and oxygen atoms in total. The predicted molar refractivity (Wildman–Crippen MR) is 85.1 cm³/mol. The summed E-state index contributed by atoms with van der Waals surface area (Å²) < 4.78 is 63.2. The van der Waals surface area contributed by atoms with Gasteiger partial charge in [0.05, 0.1) is 24.8 Å². The highest BCUT2D eigenvalue weighted by Crippen LogP contribution is 1.97. The van der Waals surface area contributed by atoms with Crippen molar-refractivity contribution in [3.05, 3.63) is 0 Å². The molecular weight excluding hydrogens is 372 g/mol. The van der Waals surface area contributed by atoms with E-state index in [0.29, 0.717) is 13.1 Å². The Kier molecular flexibility index (Phi) is 14.3. The number of hydrogen-bond acceptors (Lipinski definition) is 8. The number of azo groups is 1. The Morgan fingerprint density at radius 3 is 1.12 bits per heavy atom. The minimum atomic E-state index is -4.67. The maximum Gasteiger partial charge on any atom is 0.394 e. The van der Waals surface area contributed by atoms with Crippen LogP contribution in [-0.4, -0.2) is 59.8 Å². The summed E-state index contributed by atoms with van der Waals surface area (Å²) in [6.45, 7) is 4.46. The molecule has 0 fully saturated rings. The molecule has 144 valence electrons. The molecule has 16 heteroatoms. The first-order valence-electron chi connectivity index (χ1n) is 5.86. The molecule has 0 radical (unpaired) electrons. The Hall–Kier alpha value is -1.72. The van der Waals surface area contributed by atoms with E-state index in [9.17, 15) is 0 Å². The molecule has 0 rings (SSSR count). The summed E-state index contributed by atoms with van der Waals surface area (Å²) in [5.41, 5.74) is 10.5. The van der Waals surface area contributed by atoms with E-state index in [-0.39, 0.29) is 23.5 Å². The van der Waals surface area contributed by atoms with Crippen LogP contribution in [0.3, 0.4) is 0 Å². The van der Waals surface area contributed by atoms with Crippen LogP contribution in [0.2, 0.25) is 0 Å². The molecule has 0 spiro atoms. The van der Waals surface area contributed by atoms with Crippen LogP contribution in [0.25, 0.3) is 0 Å². The lowest BCUT2D eigenvalue weighted by molar-refractivity contribution is 0.378. The summed E-state index contributed by atoms with van der Waals surface area (Å²) in [5.74, 6) is 0.0740. The van der Waals surface area contributed by atoms with Gasteiger partial charge in [0.15, 0.2) is 0 Å². The molecule has 0 aliphatic rings. The fourth-order valence-electron chi connectivity index (χ4n) is 0.557.